The minimum atomic E-state index is -4.03. The summed E-state index contributed by atoms with van der Waals surface area (Å²) < 4.78 is 61.4. The minimum absolute atomic E-state index is 0.0563. The zero-order valence-corrected chi connectivity index (χ0v) is 23.9. The monoisotopic (exact) mass is 595 g/mol. The number of amidine groups is 1. The van der Waals surface area contributed by atoms with Crippen molar-refractivity contribution >= 4 is 44.5 Å². The van der Waals surface area contributed by atoms with Crippen molar-refractivity contribution in [3.05, 3.63) is 41.0 Å². The van der Waals surface area contributed by atoms with Crippen LogP contribution >= 0.6 is 26.5 Å². The van der Waals surface area contributed by atoms with E-state index in [-0.39, 0.29) is 5.56 Å². The number of carbonyl (C=O) groups is 2. The van der Waals surface area contributed by atoms with E-state index in [1.165, 1.54) is 19.1 Å². The van der Waals surface area contributed by atoms with Crippen molar-refractivity contribution < 1.29 is 36.9 Å². The van der Waals surface area contributed by atoms with Crippen LogP contribution in [0.15, 0.2) is 27.7 Å². The van der Waals surface area contributed by atoms with E-state index >= 15 is 0 Å². The lowest BCUT2D eigenvalue weighted by atomic mass is 9.92. The van der Waals surface area contributed by atoms with Crippen LogP contribution in [0.1, 0.15) is 60.5 Å². The number of hydrogen-bond acceptors (Lipinski definition) is 7. The molecule has 1 aliphatic rings. The molecule has 0 saturated carbocycles. The number of hydrogen-bond donors (Lipinski definition) is 2. The second kappa shape index (κ2) is 10.2. The van der Waals surface area contributed by atoms with Crippen molar-refractivity contribution in [2.24, 2.45) is 4.99 Å². The first kappa shape index (κ1) is 30.5. The molecule has 1 aliphatic heterocycles. The quantitative estimate of drug-likeness (QED) is 0.387. The average molecular weight is 597 g/mol. The Hall–Kier alpha value is -1.76. The van der Waals surface area contributed by atoms with E-state index in [2.05, 4.69) is 27.8 Å². The molecule has 2 N–H and O–H groups in total. The topological polar surface area (TPSA) is 109 Å². The third-order valence-electron chi connectivity index (χ3n) is 5.36. The van der Waals surface area contributed by atoms with Crippen LogP contribution in [0.3, 0.4) is 0 Å². The maximum Gasteiger partial charge on any atom is 0.425 e. The molecule has 36 heavy (non-hydrogen) atoms. The number of halogens is 3. The highest BCUT2D eigenvalue weighted by Crippen LogP contribution is 2.62. The highest BCUT2D eigenvalue weighted by molar-refractivity contribution is 9.10. The fourth-order valence-corrected chi connectivity index (χ4v) is 6.27. The van der Waals surface area contributed by atoms with E-state index < -0.39 is 74.8 Å². The van der Waals surface area contributed by atoms with Crippen LogP contribution in [-0.2, 0) is 15.0 Å². The van der Waals surface area contributed by atoms with Gasteiger partial charge >= 0.3 is 12.2 Å². The summed E-state index contributed by atoms with van der Waals surface area (Å²) in [6, 6.07) is 4.00. The van der Waals surface area contributed by atoms with Crippen LogP contribution in [0.2, 0.25) is 0 Å². The van der Waals surface area contributed by atoms with Crippen molar-refractivity contribution in [2.45, 2.75) is 76.4 Å². The van der Waals surface area contributed by atoms with Gasteiger partial charge in [0.1, 0.15) is 39.8 Å². The van der Waals surface area contributed by atoms with E-state index in [1.807, 2.05) is 0 Å². The molecule has 0 spiro atoms. The highest BCUT2D eigenvalue weighted by Gasteiger charge is 2.59. The van der Waals surface area contributed by atoms with Gasteiger partial charge in [-0.15, -0.1) is 0 Å². The van der Waals surface area contributed by atoms with Gasteiger partial charge in [0.15, 0.2) is 0 Å². The molecule has 0 fully saturated rings. The van der Waals surface area contributed by atoms with Crippen molar-refractivity contribution in [3.63, 3.8) is 0 Å². The summed E-state index contributed by atoms with van der Waals surface area (Å²) in [7, 11) is -4.03. The van der Waals surface area contributed by atoms with Gasteiger partial charge in [-0.1, -0.05) is 22.9 Å². The molecule has 0 aliphatic carbocycles. The Morgan fingerprint density at radius 2 is 1.67 bits per heavy atom. The molecule has 12 heteroatoms. The van der Waals surface area contributed by atoms with Crippen LogP contribution < -0.4 is 0 Å². The molecule has 0 saturated heterocycles. The summed E-state index contributed by atoms with van der Waals surface area (Å²) in [5, 5.41) is 0. The van der Waals surface area contributed by atoms with Crippen LogP contribution in [0.4, 0.5) is 18.4 Å². The van der Waals surface area contributed by atoms with Crippen LogP contribution in [0, 0.1) is 12.7 Å². The first-order valence-electron chi connectivity index (χ1n) is 11.1. The zero-order chi connectivity index (χ0) is 27.9. The number of alkyl halides is 1. The molecule has 0 aromatic heterocycles. The van der Waals surface area contributed by atoms with Gasteiger partial charge < -0.3 is 9.47 Å². The van der Waals surface area contributed by atoms with Crippen molar-refractivity contribution in [2.75, 3.05) is 12.4 Å². The van der Waals surface area contributed by atoms with E-state index in [9.17, 15) is 27.5 Å². The van der Waals surface area contributed by atoms with Gasteiger partial charge in [0, 0.05) is 10.0 Å². The van der Waals surface area contributed by atoms with E-state index in [4.69, 9.17) is 9.47 Å². The Bertz CT molecular complexity index is 1020. The zero-order valence-electron chi connectivity index (χ0n) is 21.5. The van der Waals surface area contributed by atoms with Crippen LogP contribution in [-0.4, -0.2) is 60.4 Å². The minimum Gasteiger partial charge on any atom is -0.443 e. The molecule has 0 unspecified atom stereocenters. The molecule has 1 heterocycles. The highest BCUT2D eigenvalue weighted by atomic mass is 79.9. The van der Waals surface area contributed by atoms with Gasteiger partial charge in [0.25, 0.3) is 0 Å². The van der Waals surface area contributed by atoms with Gasteiger partial charge in [0.2, 0.25) is 0 Å². The number of benzene rings is 1. The number of aliphatic imine (C=N–C) groups is 1. The molecule has 0 bridgehead atoms. The number of imide groups is 1. The average Bonchev–Trinajstić information content (AvgIpc) is 2.67. The number of rotatable bonds is 3. The second-order valence-electron chi connectivity index (χ2n) is 10.8. The predicted molar refractivity (Wildman–Crippen MR) is 140 cm³/mol. The normalized spacial score (nSPS) is 25.0. The van der Waals surface area contributed by atoms with Crippen LogP contribution in [0.5, 0.6) is 0 Å². The van der Waals surface area contributed by atoms with Crippen molar-refractivity contribution in [1.82, 2.24) is 4.90 Å². The standard InChI is InChI=1S/C24H34BrF2N2O6S/c1-9-24(13-26)18(29(19(30)34-21(2,3)4)20(31)35-22(5,6)7)28-23(8,14-36(24,32)33)16-12-15(25)10-11-17(16)27/h10-12,32-33H,1,9,13-14H2,2-8H3/t23-,24-/m0/s1. The van der Waals surface area contributed by atoms with E-state index in [0.29, 0.717) is 9.37 Å². The molecule has 1 radical (unpaired) electrons. The van der Waals surface area contributed by atoms with Crippen LogP contribution in [0.25, 0.3) is 0 Å². The lowest BCUT2D eigenvalue weighted by Crippen LogP contribution is -2.62. The summed E-state index contributed by atoms with van der Waals surface area (Å²) in [6.45, 7) is 13.0. The molecule has 1 aromatic rings. The van der Waals surface area contributed by atoms with Crippen molar-refractivity contribution in [3.8, 4) is 0 Å². The summed E-state index contributed by atoms with van der Waals surface area (Å²) in [5.74, 6) is -1.95. The number of ether oxygens (including phenoxy) is 2. The Morgan fingerprint density at radius 3 is 2.08 bits per heavy atom. The smallest absolute Gasteiger partial charge is 0.425 e. The summed E-state index contributed by atoms with van der Waals surface area (Å²) in [5.41, 5.74) is -3.94. The molecule has 2 rings (SSSR count). The Morgan fingerprint density at radius 1 is 1.17 bits per heavy atom. The second-order valence-corrected chi connectivity index (χ2v) is 14.1. The van der Waals surface area contributed by atoms with Gasteiger partial charge in [-0.3, -0.25) is 14.1 Å². The third kappa shape index (κ3) is 6.20. The Balaban J connectivity index is 2.92. The summed E-state index contributed by atoms with van der Waals surface area (Å²) in [4.78, 5) is 31.5. The summed E-state index contributed by atoms with van der Waals surface area (Å²) >= 11 is 3.26. The van der Waals surface area contributed by atoms with Gasteiger partial charge in [-0.2, -0.15) is 15.5 Å². The fourth-order valence-electron chi connectivity index (χ4n) is 3.70. The number of nitrogens with zero attached hydrogens (tertiary/aromatic N) is 2. The predicted octanol–water partition coefficient (Wildman–Crippen LogP) is 7.07. The summed E-state index contributed by atoms with van der Waals surface area (Å²) in [6.07, 6.45) is -3.02. The Labute approximate surface area is 220 Å². The molecular formula is C24H34BrF2N2O6S. The molecule has 2 amide bonds. The van der Waals surface area contributed by atoms with E-state index in [0.717, 1.165) is 6.07 Å². The largest absolute Gasteiger partial charge is 0.443 e. The first-order chi connectivity index (χ1) is 16.2. The maximum atomic E-state index is 15.0. The Kier molecular flexibility index (Phi) is 8.62. The number of carbonyl (C=O) groups excluding carboxylic acids is 2. The molecule has 1 aromatic carbocycles. The first-order valence-corrected chi connectivity index (χ1v) is 13.7. The SMILES string of the molecule is [CH2]C[C@]1(CF)C(N(C(=O)OC(C)(C)C)C(=O)OC(C)(C)C)=N[C@](C)(c2cc(Br)ccc2F)CS1(O)O. The van der Waals surface area contributed by atoms with E-state index in [1.54, 1.807) is 41.5 Å². The molecule has 2 atom stereocenters. The fraction of sp³-hybridized carbons (Fsp3) is 0.583. The lowest BCUT2D eigenvalue weighted by molar-refractivity contribution is 0.0137. The maximum absolute atomic E-state index is 15.0. The molecular weight excluding hydrogens is 562 g/mol. The van der Waals surface area contributed by atoms with Gasteiger partial charge in [0.05, 0.1) is 5.75 Å². The number of amides is 2. The van der Waals surface area contributed by atoms with Gasteiger partial charge in [-0.25, -0.2) is 18.4 Å². The molecule has 8 nitrogen and oxygen atoms in total. The molecule has 203 valence electrons. The third-order valence-corrected chi connectivity index (χ3v) is 8.57. The van der Waals surface area contributed by atoms with Crippen molar-refractivity contribution in [1.29, 1.82) is 0 Å². The lowest BCUT2D eigenvalue weighted by Gasteiger charge is -2.56. The van der Waals surface area contributed by atoms with Gasteiger partial charge in [-0.05, 0) is 73.1 Å².